The van der Waals surface area contributed by atoms with E-state index in [4.69, 9.17) is 13.6 Å². The van der Waals surface area contributed by atoms with Gasteiger partial charge in [-0.1, -0.05) is 42.5 Å². The number of ether oxygens (including phenoxy) is 1. The summed E-state index contributed by atoms with van der Waals surface area (Å²) in [6.07, 6.45) is 7.24. The highest BCUT2D eigenvalue weighted by molar-refractivity contribution is 5.67. The lowest BCUT2D eigenvalue weighted by Crippen LogP contribution is -2.16. The van der Waals surface area contributed by atoms with Crippen LogP contribution in [0, 0.1) is 17.8 Å². The smallest absolute Gasteiger partial charge is 0.248 e. The van der Waals surface area contributed by atoms with E-state index in [1.807, 2.05) is 79.7 Å². The van der Waals surface area contributed by atoms with Crippen LogP contribution >= 0.6 is 0 Å². The van der Waals surface area contributed by atoms with Crippen LogP contribution in [-0.4, -0.2) is 27.0 Å². The van der Waals surface area contributed by atoms with Crippen LogP contribution in [0.4, 0.5) is 0 Å². The third-order valence-corrected chi connectivity index (χ3v) is 7.81. The van der Waals surface area contributed by atoms with Gasteiger partial charge < -0.3 is 13.6 Å². The summed E-state index contributed by atoms with van der Waals surface area (Å²) in [6.45, 7) is 6.71. The van der Waals surface area contributed by atoms with Crippen LogP contribution in [0.3, 0.4) is 0 Å². The highest BCUT2D eigenvalue weighted by Crippen LogP contribution is 2.43. The summed E-state index contributed by atoms with van der Waals surface area (Å²) in [5.41, 5.74) is 5.29. The largest absolute Gasteiger partial charge is 0.493 e. The fourth-order valence-electron chi connectivity index (χ4n) is 5.58. The van der Waals surface area contributed by atoms with Crippen LogP contribution in [0.25, 0.3) is 51.4 Å². The molecule has 0 N–H and O–H groups in total. The van der Waals surface area contributed by atoms with Crippen molar-refractivity contribution in [2.24, 2.45) is 17.8 Å². The average molecular weight is 529 g/mol. The van der Waals surface area contributed by atoms with E-state index in [9.17, 15) is 0 Å². The first-order valence-electron chi connectivity index (χ1n) is 13.5. The molecule has 0 radical (unpaired) electrons. The fourth-order valence-corrected chi connectivity index (χ4v) is 5.58. The van der Waals surface area contributed by atoms with Gasteiger partial charge in [-0.05, 0) is 97.7 Å². The van der Waals surface area contributed by atoms with Crippen molar-refractivity contribution in [3.8, 4) is 51.6 Å². The van der Waals surface area contributed by atoms with Gasteiger partial charge in [-0.25, -0.2) is 0 Å². The third kappa shape index (κ3) is 4.75. The Bertz CT molecular complexity index is 1700. The summed E-state index contributed by atoms with van der Waals surface area (Å²) in [5, 5.41) is 17.0. The van der Waals surface area contributed by atoms with E-state index < -0.39 is 0 Å². The molecule has 5 aromatic rings. The average Bonchev–Trinajstić information content (AvgIpc) is 3.82. The summed E-state index contributed by atoms with van der Waals surface area (Å²) < 4.78 is 18.1. The molecule has 3 unspecified atom stereocenters. The Morgan fingerprint density at radius 3 is 1.85 bits per heavy atom. The number of benzene rings is 3. The summed E-state index contributed by atoms with van der Waals surface area (Å²) >= 11 is 0. The minimum absolute atomic E-state index is 0.414. The molecule has 3 aromatic carbocycles. The normalized spacial score (nSPS) is 19.3. The van der Waals surface area contributed by atoms with Gasteiger partial charge >= 0.3 is 0 Å². The number of nitrogens with zero attached hydrogens (tertiary/aromatic N) is 4. The number of aromatic nitrogens is 4. The first-order valence-corrected chi connectivity index (χ1v) is 13.5. The molecule has 0 aliphatic heterocycles. The Balaban J connectivity index is 1.04. The first-order chi connectivity index (χ1) is 19.6. The zero-order chi connectivity index (χ0) is 27.1. The number of rotatable bonds is 8. The Morgan fingerprint density at radius 2 is 1.32 bits per heavy atom. The van der Waals surface area contributed by atoms with Gasteiger partial charge in [-0.15, -0.1) is 20.4 Å². The highest BCUT2D eigenvalue weighted by atomic mass is 16.5. The molecule has 0 saturated heterocycles. The third-order valence-electron chi connectivity index (χ3n) is 7.81. The Kier molecular flexibility index (Phi) is 6.11. The van der Waals surface area contributed by atoms with E-state index in [2.05, 4.69) is 39.1 Å². The molecule has 1 fully saturated rings. The van der Waals surface area contributed by atoms with E-state index in [0.717, 1.165) is 51.7 Å². The Labute approximate surface area is 232 Å². The van der Waals surface area contributed by atoms with E-state index >= 15 is 0 Å². The Hall–Kier alpha value is -4.78. The van der Waals surface area contributed by atoms with Crippen molar-refractivity contribution < 1.29 is 13.6 Å². The van der Waals surface area contributed by atoms with E-state index in [1.165, 1.54) is 12.8 Å². The molecular formula is C33H28N4O3. The zero-order valence-electron chi connectivity index (χ0n) is 22.2. The van der Waals surface area contributed by atoms with Crippen LogP contribution in [0.5, 0.6) is 5.75 Å². The monoisotopic (exact) mass is 528 g/mol. The van der Waals surface area contributed by atoms with Gasteiger partial charge in [0.1, 0.15) is 5.75 Å². The first kappa shape index (κ1) is 24.3. The summed E-state index contributed by atoms with van der Waals surface area (Å²) in [5.74, 6) is 4.64. The second-order valence-corrected chi connectivity index (χ2v) is 10.6. The molecule has 3 atom stereocenters. The standard InChI is InChI=1S/C33H28N4O3/c1-20(2)22-8-10-23(11-9-22)30-34-36-32(39-30)26-4-3-5-27(18-26)33-37-35-31(40-33)24-12-14-29(15-13-24)38-19-28-17-21-6-7-25(28)16-21/h3-15,18,21,25,28H,1,16-17,19H2,2H3. The minimum Gasteiger partial charge on any atom is -0.493 e. The van der Waals surface area contributed by atoms with E-state index in [1.54, 1.807) is 0 Å². The molecule has 7 nitrogen and oxygen atoms in total. The van der Waals surface area contributed by atoms with E-state index in [0.29, 0.717) is 35.4 Å². The number of hydrogen-bond donors (Lipinski definition) is 0. The molecule has 2 aliphatic rings. The number of hydrogen-bond acceptors (Lipinski definition) is 7. The van der Waals surface area contributed by atoms with Crippen LogP contribution in [0.15, 0.2) is 100 Å². The van der Waals surface area contributed by atoms with Crippen molar-refractivity contribution in [1.82, 2.24) is 20.4 Å². The van der Waals surface area contributed by atoms with Crippen LogP contribution in [-0.2, 0) is 0 Å². The van der Waals surface area contributed by atoms with E-state index in [-0.39, 0.29) is 0 Å². The number of allylic oxidation sites excluding steroid dienone is 3. The molecule has 0 spiro atoms. The lowest BCUT2D eigenvalue weighted by Gasteiger charge is -2.18. The van der Waals surface area contributed by atoms with Crippen LogP contribution < -0.4 is 4.74 Å². The lowest BCUT2D eigenvalue weighted by molar-refractivity contribution is 0.228. The maximum Gasteiger partial charge on any atom is 0.248 e. The molecule has 7 heteroatoms. The number of fused-ring (bicyclic) bond motifs is 2. The summed E-state index contributed by atoms with van der Waals surface area (Å²) in [7, 11) is 0. The topological polar surface area (TPSA) is 87.1 Å². The molecule has 0 amide bonds. The van der Waals surface area contributed by atoms with Gasteiger partial charge in [0.2, 0.25) is 23.6 Å². The molecule has 2 aromatic heterocycles. The van der Waals surface area contributed by atoms with Gasteiger partial charge in [-0.2, -0.15) is 0 Å². The van der Waals surface area contributed by atoms with Crippen molar-refractivity contribution in [2.45, 2.75) is 19.8 Å². The highest BCUT2D eigenvalue weighted by Gasteiger charge is 2.35. The van der Waals surface area contributed by atoms with Crippen LogP contribution in [0.1, 0.15) is 25.3 Å². The molecule has 198 valence electrons. The van der Waals surface area contributed by atoms with Gasteiger partial charge in [0, 0.05) is 22.3 Å². The molecule has 40 heavy (non-hydrogen) atoms. The van der Waals surface area contributed by atoms with Crippen molar-refractivity contribution in [3.63, 3.8) is 0 Å². The predicted octanol–water partition coefficient (Wildman–Crippen LogP) is 7.74. The predicted molar refractivity (Wildman–Crippen MR) is 153 cm³/mol. The molecule has 7 rings (SSSR count). The van der Waals surface area contributed by atoms with Crippen molar-refractivity contribution in [2.75, 3.05) is 6.61 Å². The molecule has 2 bridgehead atoms. The van der Waals surface area contributed by atoms with Crippen molar-refractivity contribution in [1.29, 1.82) is 0 Å². The molecule has 2 heterocycles. The van der Waals surface area contributed by atoms with Crippen molar-refractivity contribution >= 4 is 5.57 Å². The maximum absolute atomic E-state index is 6.08. The van der Waals surface area contributed by atoms with Crippen LogP contribution in [0.2, 0.25) is 0 Å². The molecule has 1 saturated carbocycles. The van der Waals surface area contributed by atoms with Crippen molar-refractivity contribution in [3.05, 3.63) is 97.1 Å². The van der Waals surface area contributed by atoms with Gasteiger partial charge in [0.25, 0.3) is 0 Å². The SMILES string of the molecule is C=C(C)c1ccc(-c2nnc(-c3cccc(-c4nnc(-c5ccc(OCC6CC7C=CC6C7)cc5)o4)c3)o2)cc1. The second-order valence-electron chi connectivity index (χ2n) is 10.6. The summed E-state index contributed by atoms with van der Waals surface area (Å²) in [6, 6.07) is 23.3. The quantitative estimate of drug-likeness (QED) is 0.190. The van der Waals surface area contributed by atoms with Gasteiger partial charge in [0.15, 0.2) is 0 Å². The van der Waals surface area contributed by atoms with Gasteiger partial charge in [0.05, 0.1) is 6.61 Å². The second kappa shape index (κ2) is 10.1. The fraction of sp³-hybridized carbons (Fsp3) is 0.212. The maximum atomic E-state index is 6.08. The summed E-state index contributed by atoms with van der Waals surface area (Å²) in [4.78, 5) is 0. The molecule has 2 aliphatic carbocycles. The minimum atomic E-state index is 0.414. The lowest BCUT2D eigenvalue weighted by atomic mass is 9.95. The molecular weight excluding hydrogens is 500 g/mol. The zero-order valence-corrected chi connectivity index (χ0v) is 22.2. The van der Waals surface area contributed by atoms with Gasteiger partial charge in [-0.3, -0.25) is 0 Å². The Morgan fingerprint density at radius 1 is 0.750 bits per heavy atom.